The van der Waals surface area contributed by atoms with Gasteiger partial charge in [-0.3, -0.25) is 4.98 Å². The Hall–Kier alpha value is -2.72. The molecule has 0 aliphatic rings. The standard InChI is InChI=1S/C23H25FN2O/c1-23(2,3)26-15-19-11-18(17-9-10-20(13-24)25-14-17)12-21(22(19)27)16-7-5-4-6-8-16/h4-12,14,26-27H,13,15H2,1-3H3. The molecule has 0 radical (unpaired) electrons. The highest BCUT2D eigenvalue weighted by Gasteiger charge is 2.16. The van der Waals surface area contributed by atoms with Gasteiger partial charge in [-0.05, 0) is 50.1 Å². The molecule has 2 aromatic carbocycles. The minimum atomic E-state index is -0.578. The fourth-order valence-corrected chi connectivity index (χ4v) is 2.87. The molecule has 1 aromatic heterocycles. The highest BCUT2D eigenvalue weighted by molar-refractivity contribution is 5.79. The van der Waals surface area contributed by atoms with Gasteiger partial charge in [0.15, 0.2) is 0 Å². The van der Waals surface area contributed by atoms with Gasteiger partial charge in [0, 0.05) is 35.0 Å². The second kappa shape index (κ2) is 7.89. The van der Waals surface area contributed by atoms with Crippen molar-refractivity contribution in [3.8, 4) is 28.0 Å². The highest BCUT2D eigenvalue weighted by atomic mass is 19.1. The lowest BCUT2D eigenvalue weighted by Gasteiger charge is -2.22. The molecule has 3 aromatic rings. The van der Waals surface area contributed by atoms with Gasteiger partial charge in [-0.15, -0.1) is 0 Å². The number of benzene rings is 2. The van der Waals surface area contributed by atoms with E-state index in [1.54, 1.807) is 12.3 Å². The summed E-state index contributed by atoms with van der Waals surface area (Å²) >= 11 is 0. The Labute approximate surface area is 159 Å². The minimum absolute atomic E-state index is 0.0698. The number of rotatable bonds is 5. The molecule has 0 atom stereocenters. The third-order valence-corrected chi connectivity index (χ3v) is 4.38. The monoisotopic (exact) mass is 364 g/mol. The summed E-state index contributed by atoms with van der Waals surface area (Å²) in [4.78, 5) is 4.16. The Morgan fingerprint density at radius 2 is 1.70 bits per heavy atom. The van der Waals surface area contributed by atoms with Gasteiger partial charge in [-0.25, -0.2) is 4.39 Å². The van der Waals surface area contributed by atoms with Gasteiger partial charge >= 0.3 is 0 Å². The summed E-state index contributed by atoms with van der Waals surface area (Å²) in [5.41, 5.74) is 4.71. The van der Waals surface area contributed by atoms with E-state index in [2.05, 4.69) is 31.1 Å². The van der Waals surface area contributed by atoms with E-state index < -0.39 is 6.67 Å². The van der Waals surface area contributed by atoms with Crippen LogP contribution in [-0.2, 0) is 13.2 Å². The van der Waals surface area contributed by atoms with Crippen LogP contribution >= 0.6 is 0 Å². The van der Waals surface area contributed by atoms with Crippen molar-refractivity contribution in [2.45, 2.75) is 39.5 Å². The molecule has 1 heterocycles. The van der Waals surface area contributed by atoms with Crippen LogP contribution in [0.4, 0.5) is 4.39 Å². The molecule has 3 nitrogen and oxygen atoms in total. The summed E-state index contributed by atoms with van der Waals surface area (Å²) in [5, 5.41) is 14.3. The van der Waals surface area contributed by atoms with Crippen LogP contribution in [0.5, 0.6) is 5.75 Å². The third-order valence-electron chi connectivity index (χ3n) is 4.38. The molecule has 0 bridgehead atoms. The molecule has 2 N–H and O–H groups in total. The van der Waals surface area contributed by atoms with E-state index in [9.17, 15) is 9.50 Å². The summed E-state index contributed by atoms with van der Waals surface area (Å²) in [5.74, 6) is 0.273. The van der Waals surface area contributed by atoms with Gasteiger partial charge in [0.2, 0.25) is 0 Å². The zero-order valence-electron chi connectivity index (χ0n) is 16.0. The molecule has 0 unspecified atom stereocenters. The number of aromatic hydroxyl groups is 1. The number of nitrogens with zero attached hydrogens (tertiary/aromatic N) is 1. The summed E-state index contributed by atoms with van der Waals surface area (Å²) in [6.45, 7) is 6.23. The number of phenolic OH excluding ortho intramolecular Hbond substituents is 1. The average Bonchev–Trinajstić information content (AvgIpc) is 2.67. The van der Waals surface area contributed by atoms with Crippen LogP contribution in [0, 0.1) is 0 Å². The van der Waals surface area contributed by atoms with E-state index in [-0.39, 0.29) is 11.3 Å². The number of hydrogen-bond donors (Lipinski definition) is 2. The first-order valence-corrected chi connectivity index (χ1v) is 9.05. The van der Waals surface area contributed by atoms with E-state index >= 15 is 0 Å². The van der Waals surface area contributed by atoms with E-state index in [4.69, 9.17) is 0 Å². The van der Waals surface area contributed by atoms with Crippen LogP contribution in [0.25, 0.3) is 22.3 Å². The molecular formula is C23H25FN2O. The molecule has 4 heteroatoms. The van der Waals surface area contributed by atoms with Crippen LogP contribution < -0.4 is 5.32 Å². The van der Waals surface area contributed by atoms with Crippen LogP contribution in [0.15, 0.2) is 60.8 Å². The van der Waals surface area contributed by atoms with Crippen molar-refractivity contribution < 1.29 is 9.50 Å². The molecule has 0 amide bonds. The maximum atomic E-state index is 12.8. The molecule has 3 rings (SSSR count). The SMILES string of the molecule is CC(C)(C)NCc1cc(-c2ccc(CF)nc2)cc(-c2ccccc2)c1O. The van der Waals surface area contributed by atoms with Gasteiger partial charge in [0.05, 0.1) is 5.69 Å². The fourth-order valence-electron chi connectivity index (χ4n) is 2.87. The number of hydrogen-bond acceptors (Lipinski definition) is 3. The molecule has 0 fully saturated rings. The molecular weight excluding hydrogens is 339 g/mol. The second-order valence-corrected chi connectivity index (χ2v) is 7.67. The van der Waals surface area contributed by atoms with E-state index in [0.29, 0.717) is 12.2 Å². The van der Waals surface area contributed by atoms with Crippen molar-refractivity contribution in [2.24, 2.45) is 0 Å². The van der Waals surface area contributed by atoms with E-state index in [1.165, 1.54) is 0 Å². The third kappa shape index (κ3) is 4.72. The van der Waals surface area contributed by atoms with Gasteiger partial charge in [0.25, 0.3) is 0 Å². The van der Waals surface area contributed by atoms with E-state index in [0.717, 1.165) is 27.8 Å². The quantitative estimate of drug-likeness (QED) is 0.630. The molecule has 0 saturated carbocycles. The first-order chi connectivity index (χ1) is 12.9. The number of alkyl halides is 1. The lowest BCUT2D eigenvalue weighted by atomic mass is 9.95. The van der Waals surface area contributed by atoms with Crippen molar-refractivity contribution in [2.75, 3.05) is 0 Å². The largest absolute Gasteiger partial charge is 0.507 e. The average molecular weight is 364 g/mol. The van der Waals surface area contributed by atoms with E-state index in [1.807, 2.05) is 48.5 Å². The Balaban J connectivity index is 2.09. The summed E-state index contributed by atoms with van der Waals surface area (Å²) < 4.78 is 12.8. The Bertz CT molecular complexity index is 900. The number of nitrogens with one attached hydrogen (secondary N) is 1. The smallest absolute Gasteiger partial charge is 0.131 e. The Morgan fingerprint density at radius 3 is 2.30 bits per heavy atom. The minimum Gasteiger partial charge on any atom is -0.507 e. The topological polar surface area (TPSA) is 45.2 Å². The van der Waals surface area contributed by atoms with Crippen molar-refractivity contribution in [3.63, 3.8) is 0 Å². The van der Waals surface area contributed by atoms with Crippen molar-refractivity contribution in [1.29, 1.82) is 0 Å². The second-order valence-electron chi connectivity index (χ2n) is 7.67. The Morgan fingerprint density at radius 1 is 0.963 bits per heavy atom. The number of phenols is 1. The van der Waals surface area contributed by atoms with Crippen molar-refractivity contribution in [3.05, 3.63) is 72.1 Å². The number of aromatic nitrogens is 1. The molecule has 0 spiro atoms. The number of halogens is 1. The van der Waals surface area contributed by atoms with Gasteiger partial charge < -0.3 is 10.4 Å². The summed E-state index contributed by atoms with van der Waals surface area (Å²) in [6, 6.07) is 17.3. The van der Waals surface area contributed by atoms with Gasteiger partial charge in [-0.2, -0.15) is 0 Å². The van der Waals surface area contributed by atoms with Crippen molar-refractivity contribution in [1.82, 2.24) is 10.3 Å². The Kier molecular flexibility index (Phi) is 5.57. The fraction of sp³-hybridized carbons (Fsp3) is 0.261. The molecule has 140 valence electrons. The van der Waals surface area contributed by atoms with Crippen LogP contribution in [0.2, 0.25) is 0 Å². The maximum Gasteiger partial charge on any atom is 0.131 e. The van der Waals surface area contributed by atoms with Crippen LogP contribution in [0.1, 0.15) is 32.0 Å². The molecule has 27 heavy (non-hydrogen) atoms. The van der Waals surface area contributed by atoms with Gasteiger partial charge in [0.1, 0.15) is 12.4 Å². The lowest BCUT2D eigenvalue weighted by molar-refractivity contribution is 0.412. The van der Waals surface area contributed by atoms with Crippen LogP contribution in [-0.4, -0.2) is 15.6 Å². The number of pyridine rings is 1. The summed E-state index contributed by atoms with van der Waals surface area (Å²) in [6.07, 6.45) is 1.68. The maximum absolute atomic E-state index is 12.8. The van der Waals surface area contributed by atoms with Crippen LogP contribution in [0.3, 0.4) is 0 Å². The highest BCUT2D eigenvalue weighted by Crippen LogP contribution is 2.37. The molecule has 0 aliphatic carbocycles. The van der Waals surface area contributed by atoms with Gasteiger partial charge in [-0.1, -0.05) is 36.4 Å². The predicted octanol–water partition coefficient (Wildman–Crippen LogP) is 5.48. The normalized spacial score (nSPS) is 11.6. The lowest BCUT2D eigenvalue weighted by Crippen LogP contribution is -2.35. The first kappa shape index (κ1) is 19.1. The zero-order chi connectivity index (χ0) is 19.4. The predicted molar refractivity (Wildman–Crippen MR) is 108 cm³/mol. The first-order valence-electron chi connectivity index (χ1n) is 9.05. The van der Waals surface area contributed by atoms with Crippen molar-refractivity contribution >= 4 is 0 Å². The summed E-state index contributed by atoms with van der Waals surface area (Å²) in [7, 11) is 0. The zero-order valence-corrected chi connectivity index (χ0v) is 16.0. The molecule has 0 saturated heterocycles. The molecule has 0 aliphatic heterocycles.